The predicted molar refractivity (Wildman–Crippen MR) is 276 cm³/mol. The molecule has 0 aliphatic rings. The number of nitrogens with one attached hydrogen (secondary N) is 5. The van der Waals surface area contributed by atoms with Crippen molar-refractivity contribution in [2.45, 2.75) is 25.9 Å². The minimum Gasteiger partial charge on any atom is -0.354 e. The van der Waals surface area contributed by atoms with Crippen LogP contribution >= 0.6 is 45.8 Å². The summed E-state index contributed by atoms with van der Waals surface area (Å²) in [4.78, 5) is 64.0. The first-order valence-corrected chi connectivity index (χ1v) is 24.3. The molecule has 0 aliphatic heterocycles. The molecule has 0 saturated carbocycles. The van der Waals surface area contributed by atoms with Crippen molar-refractivity contribution < 1.29 is 0 Å². The molecule has 0 amide bonds. The van der Waals surface area contributed by atoms with Crippen LogP contribution in [0.5, 0.6) is 0 Å². The summed E-state index contributed by atoms with van der Waals surface area (Å²) in [6.45, 7) is 9.22. The van der Waals surface area contributed by atoms with Gasteiger partial charge in [0.15, 0.2) is 5.16 Å². The second kappa shape index (κ2) is 23.2. The van der Waals surface area contributed by atoms with Crippen LogP contribution in [0.1, 0.15) is 16.7 Å². The molecular weight excluding hydrogens is 897 g/mol. The van der Waals surface area contributed by atoms with Crippen molar-refractivity contribution in [3.63, 3.8) is 0 Å². The fourth-order valence-corrected chi connectivity index (χ4v) is 10.6. The van der Waals surface area contributed by atoms with Gasteiger partial charge in [0.2, 0.25) is 11.9 Å². The van der Waals surface area contributed by atoms with Crippen LogP contribution < -0.4 is 50.2 Å². The molecule has 0 bridgehead atoms. The van der Waals surface area contributed by atoms with Crippen molar-refractivity contribution in [2.75, 3.05) is 56.2 Å². The van der Waals surface area contributed by atoms with E-state index in [1.165, 1.54) is 34.4 Å². The number of fused-ring (bicyclic) bond motifs is 3. The van der Waals surface area contributed by atoms with Crippen molar-refractivity contribution in [3.05, 3.63) is 139 Å². The van der Waals surface area contributed by atoms with Gasteiger partial charge >= 0.3 is 0 Å². The van der Waals surface area contributed by atoms with Crippen LogP contribution in [0.2, 0.25) is 0 Å². The number of nitrogens with two attached hydrogens (primary N) is 4. The first kappa shape index (κ1) is 48.4. The summed E-state index contributed by atoms with van der Waals surface area (Å²) >= 11 is 6.10. The van der Waals surface area contributed by atoms with Gasteiger partial charge in [-0.3, -0.25) is 24.4 Å². The Morgan fingerprint density at radius 3 is 1.12 bits per heavy atom. The van der Waals surface area contributed by atoms with Crippen LogP contribution in [0.3, 0.4) is 0 Å². The highest BCUT2D eigenvalue weighted by Gasteiger charge is 2.18. The molecule has 0 radical (unpaired) electrons. The Morgan fingerprint density at radius 1 is 0.492 bits per heavy atom. The second-order valence-electron chi connectivity index (χ2n) is 14.2. The highest BCUT2D eigenvalue weighted by atomic mass is 32.2. The fourth-order valence-electron chi connectivity index (χ4n) is 6.65. The Bertz CT molecular complexity index is 3000. The highest BCUT2D eigenvalue weighted by Crippen LogP contribution is 2.38. The maximum Gasteiger partial charge on any atom is 0.261 e. The van der Waals surface area contributed by atoms with E-state index in [-0.39, 0.29) is 16.7 Å². The van der Waals surface area contributed by atoms with Gasteiger partial charge in [-0.2, -0.15) is 0 Å². The molecular formula is C46H52N12O3S4. The van der Waals surface area contributed by atoms with E-state index >= 15 is 0 Å². The minimum absolute atomic E-state index is 0.0507. The Kier molecular flexibility index (Phi) is 17.3. The number of thiophene rings is 3. The molecule has 0 fully saturated rings. The zero-order valence-electron chi connectivity index (χ0n) is 36.4. The zero-order chi connectivity index (χ0) is 46.5. The molecule has 0 spiro atoms. The van der Waals surface area contributed by atoms with E-state index in [0.29, 0.717) is 72.5 Å². The smallest absolute Gasteiger partial charge is 0.261 e. The second-order valence-corrected chi connectivity index (χ2v) is 18.0. The number of hydrogen-bond donors (Lipinski definition) is 9. The molecule has 65 heavy (non-hydrogen) atoms. The van der Waals surface area contributed by atoms with Gasteiger partial charge in [0.1, 0.15) is 14.5 Å². The lowest BCUT2D eigenvalue weighted by molar-refractivity contribution is 0.976. The molecule has 19 heteroatoms. The Morgan fingerprint density at radius 2 is 0.815 bits per heavy atom. The summed E-state index contributed by atoms with van der Waals surface area (Å²) in [6.07, 6.45) is 1.91. The Labute approximate surface area is 391 Å². The van der Waals surface area contributed by atoms with E-state index in [9.17, 15) is 14.4 Å². The molecule has 3 aromatic carbocycles. The number of aryl methyl sites for hydroxylation is 3. The van der Waals surface area contributed by atoms with Crippen molar-refractivity contribution >= 4 is 88.3 Å². The Hall–Kier alpha value is -6.03. The molecule has 0 aliphatic carbocycles. The molecule has 0 saturated heterocycles. The largest absolute Gasteiger partial charge is 0.354 e. The first-order chi connectivity index (χ1) is 31.5. The van der Waals surface area contributed by atoms with Crippen LogP contribution in [-0.4, -0.2) is 75.4 Å². The molecule has 0 atom stereocenters. The van der Waals surface area contributed by atoms with Crippen LogP contribution in [0.15, 0.2) is 111 Å². The number of anilines is 2. The van der Waals surface area contributed by atoms with E-state index < -0.39 is 0 Å². The predicted octanol–water partition coefficient (Wildman–Crippen LogP) is 7.25. The number of hydrogen-bond acceptors (Lipinski definition) is 16. The lowest BCUT2D eigenvalue weighted by atomic mass is 10.1. The first-order valence-electron chi connectivity index (χ1n) is 20.6. The van der Waals surface area contributed by atoms with Gasteiger partial charge in [-0.25, -0.2) is 15.0 Å². The van der Waals surface area contributed by atoms with Crippen molar-refractivity contribution in [1.82, 2.24) is 29.9 Å². The third-order valence-corrected chi connectivity index (χ3v) is 14.0. The SMILES string of the molecule is CSc1nc2sc(-c3ccccc3)c(C)c2c(=O)[nH]1.Cc1c(-c2ccccc2)sc2nc(NCCN)[nH]c(=O)c12.Cc1c(-c2ccccc2)sc2nc(NCCN)[nH]c(=O)c12.NCCN. The quantitative estimate of drug-likeness (QED) is 0.0458. The maximum atomic E-state index is 12.3. The number of thioether (sulfide) groups is 1. The average molecular weight is 949 g/mol. The molecule has 9 aromatic rings. The van der Waals surface area contributed by atoms with Gasteiger partial charge in [-0.15, -0.1) is 34.0 Å². The lowest BCUT2D eigenvalue weighted by Crippen LogP contribution is -2.18. The van der Waals surface area contributed by atoms with Gasteiger partial charge in [0, 0.05) is 53.9 Å². The topological polar surface area (TPSA) is 265 Å². The minimum atomic E-state index is -0.115. The van der Waals surface area contributed by atoms with Crippen LogP contribution in [-0.2, 0) is 0 Å². The van der Waals surface area contributed by atoms with E-state index in [2.05, 4.69) is 52.7 Å². The summed E-state index contributed by atoms with van der Waals surface area (Å²) in [5.41, 5.74) is 26.7. The summed E-state index contributed by atoms with van der Waals surface area (Å²) in [5.74, 6) is 0.942. The normalized spacial score (nSPS) is 10.8. The molecule has 338 valence electrons. The van der Waals surface area contributed by atoms with Gasteiger partial charge in [0.25, 0.3) is 16.7 Å². The van der Waals surface area contributed by atoms with Gasteiger partial charge in [0.05, 0.1) is 16.2 Å². The number of H-pyrrole nitrogens is 3. The number of aromatic amines is 3. The zero-order valence-corrected chi connectivity index (χ0v) is 39.7. The highest BCUT2D eigenvalue weighted by molar-refractivity contribution is 7.98. The monoisotopic (exact) mass is 948 g/mol. The van der Waals surface area contributed by atoms with Crippen molar-refractivity contribution in [3.8, 4) is 31.3 Å². The van der Waals surface area contributed by atoms with E-state index in [0.717, 1.165) is 62.5 Å². The number of rotatable bonds is 11. The van der Waals surface area contributed by atoms with Crippen molar-refractivity contribution in [1.29, 1.82) is 0 Å². The maximum absolute atomic E-state index is 12.3. The standard InChI is InChI=1S/2C15H16N4OS.C14H12N2OS2.C2H8N2/c2*1-9-11-13(20)18-15(17-8-7-16)19-14(11)21-12(9)10-5-3-2-4-6-10;1-8-10-12(17)15-14(18-2)16-13(10)19-11(8)9-6-4-3-5-7-9;3-1-2-4/h2*2-6H,7-8,16H2,1H3,(H2,17,18,19,20);3-7H,1-2H3,(H,15,16,17);1-4H2. The van der Waals surface area contributed by atoms with Gasteiger partial charge in [-0.05, 0) is 60.4 Å². The lowest BCUT2D eigenvalue weighted by Gasteiger charge is -2.02. The van der Waals surface area contributed by atoms with E-state index in [4.69, 9.17) is 22.9 Å². The molecule has 6 aromatic heterocycles. The fraction of sp³-hybridized carbons (Fsp3) is 0.217. The average Bonchev–Trinajstić information content (AvgIpc) is 3.98. The molecule has 0 unspecified atom stereocenters. The van der Waals surface area contributed by atoms with Crippen LogP contribution in [0.25, 0.3) is 62.0 Å². The number of benzene rings is 3. The van der Waals surface area contributed by atoms with Crippen LogP contribution in [0, 0.1) is 20.8 Å². The Balaban J connectivity index is 0.000000155. The van der Waals surface area contributed by atoms with Gasteiger partial charge < -0.3 is 38.6 Å². The molecule has 13 N–H and O–H groups in total. The van der Waals surface area contributed by atoms with E-state index in [1.807, 2.05) is 106 Å². The third-order valence-electron chi connectivity index (χ3n) is 9.72. The number of nitrogens with zero attached hydrogens (tertiary/aromatic N) is 3. The number of aromatic nitrogens is 6. The molecule has 6 heterocycles. The summed E-state index contributed by atoms with van der Waals surface area (Å²) in [5, 5.41) is 8.72. The van der Waals surface area contributed by atoms with Crippen LogP contribution in [0.4, 0.5) is 11.9 Å². The van der Waals surface area contributed by atoms with Gasteiger partial charge in [-0.1, -0.05) is 103 Å². The summed E-state index contributed by atoms with van der Waals surface area (Å²) in [7, 11) is 0. The van der Waals surface area contributed by atoms with E-state index in [1.54, 1.807) is 11.3 Å². The summed E-state index contributed by atoms with van der Waals surface area (Å²) in [6, 6.07) is 30.2. The third kappa shape index (κ3) is 11.6. The summed E-state index contributed by atoms with van der Waals surface area (Å²) < 4.78 is 0. The molecule has 9 rings (SSSR count). The van der Waals surface area contributed by atoms with Crippen molar-refractivity contribution in [2.24, 2.45) is 22.9 Å². The molecule has 15 nitrogen and oxygen atoms in total.